The van der Waals surface area contributed by atoms with Crippen molar-refractivity contribution in [3.05, 3.63) is 47.4 Å². The number of anilines is 1. The van der Waals surface area contributed by atoms with E-state index in [0.29, 0.717) is 50.5 Å². The van der Waals surface area contributed by atoms with Gasteiger partial charge in [0.1, 0.15) is 35.1 Å². The van der Waals surface area contributed by atoms with E-state index in [2.05, 4.69) is 25.3 Å². The molecule has 3 aromatic rings. The number of primary amides is 1. The van der Waals surface area contributed by atoms with Crippen LogP contribution in [0.15, 0.2) is 29.6 Å². The predicted octanol–water partition coefficient (Wildman–Crippen LogP) is 0.715. The Morgan fingerprint density at radius 1 is 1.12 bits per heavy atom. The number of nitrogens with two attached hydrogens (primary N) is 1. The predicted molar refractivity (Wildman–Crippen MR) is 157 cm³/mol. The number of rotatable bonds is 14. The maximum absolute atomic E-state index is 13.8. The fraction of sp³-hybridized carbons (Fsp3) is 0.519. The molecule has 0 atom stereocenters. The fourth-order valence-electron chi connectivity index (χ4n) is 4.79. The molecule has 4 heterocycles. The van der Waals surface area contributed by atoms with E-state index in [4.69, 9.17) is 15.2 Å². The van der Waals surface area contributed by atoms with Gasteiger partial charge in [-0.25, -0.2) is 23.1 Å². The van der Waals surface area contributed by atoms with Gasteiger partial charge < -0.3 is 30.0 Å². The van der Waals surface area contributed by atoms with E-state index in [0.717, 1.165) is 6.54 Å². The molecule has 3 N–H and O–H groups in total. The largest absolute Gasteiger partial charge is 0.475 e. The highest BCUT2D eigenvalue weighted by Crippen LogP contribution is 2.28. The highest BCUT2D eigenvalue weighted by atomic mass is 32.2. The van der Waals surface area contributed by atoms with Crippen LogP contribution in [0.4, 0.5) is 5.69 Å². The number of hydrogen-bond acceptors (Lipinski definition) is 10. The molecule has 4 rings (SSSR count). The summed E-state index contributed by atoms with van der Waals surface area (Å²) in [4.78, 5) is 37.0. The number of carbonyl (C=O) groups is 2. The lowest BCUT2D eigenvalue weighted by atomic mass is 10.1. The summed E-state index contributed by atoms with van der Waals surface area (Å²) in [5.41, 5.74) is 6.24. The average Bonchev–Trinajstić information content (AvgIpc) is 3.55. The summed E-state index contributed by atoms with van der Waals surface area (Å²) < 4.78 is 42.4. The van der Waals surface area contributed by atoms with Crippen LogP contribution >= 0.6 is 0 Å². The van der Waals surface area contributed by atoms with E-state index in [-0.39, 0.29) is 47.5 Å². The van der Waals surface area contributed by atoms with Gasteiger partial charge in [-0.15, -0.1) is 0 Å². The number of likely N-dealkylation sites (N-methyl/N-ethyl adjacent to an activating group) is 1. The first-order valence-corrected chi connectivity index (χ1v) is 15.6. The Hall–Kier alpha value is -3.86. The molecule has 0 radical (unpaired) electrons. The zero-order valence-electron chi connectivity index (χ0n) is 24.9. The van der Waals surface area contributed by atoms with Crippen molar-refractivity contribution in [2.24, 2.45) is 12.8 Å². The molecule has 1 saturated heterocycles. The Kier molecular flexibility index (Phi) is 10.5. The number of aryl methyl sites for hydroxylation is 2. The van der Waals surface area contributed by atoms with Crippen molar-refractivity contribution in [2.45, 2.75) is 38.1 Å². The monoisotopic (exact) mass is 617 g/mol. The first-order valence-electron chi connectivity index (χ1n) is 14.1. The van der Waals surface area contributed by atoms with Crippen molar-refractivity contribution < 1.29 is 27.5 Å². The Bertz CT molecular complexity index is 1540. The summed E-state index contributed by atoms with van der Waals surface area (Å²) in [5.74, 6) is -0.982. The maximum Gasteiger partial charge on any atom is 0.269 e. The van der Waals surface area contributed by atoms with Gasteiger partial charge >= 0.3 is 0 Å². The molecule has 0 bridgehead atoms. The average molecular weight is 618 g/mol. The van der Waals surface area contributed by atoms with Gasteiger partial charge in [-0.05, 0) is 19.0 Å². The molecule has 1 aliphatic rings. The molecule has 0 spiro atoms. The van der Waals surface area contributed by atoms with E-state index < -0.39 is 21.8 Å². The number of nitrogens with one attached hydrogen (secondary N) is 1. The van der Waals surface area contributed by atoms with Crippen LogP contribution < -0.4 is 15.8 Å². The van der Waals surface area contributed by atoms with Gasteiger partial charge in [-0.3, -0.25) is 9.59 Å². The number of imidazole rings is 1. The maximum atomic E-state index is 13.8. The molecule has 15 nitrogen and oxygen atoms in total. The number of aromatic nitrogens is 5. The molecule has 16 heteroatoms. The number of carbonyl (C=O) groups excluding carboxylic acids is 2. The van der Waals surface area contributed by atoms with Crippen molar-refractivity contribution >= 4 is 27.5 Å². The van der Waals surface area contributed by atoms with Crippen molar-refractivity contribution in [3.8, 4) is 5.88 Å². The summed E-state index contributed by atoms with van der Waals surface area (Å²) in [7, 11) is -0.632. The Morgan fingerprint density at radius 3 is 2.47 bits per heavy atom. The van der Waals surface area contributed by atoms with Crippen LogP contribution in [-0.2, 0) is 34.8 Å². The second-order valence-electron chi connectivity index (χ2n) is 10.1. The summed E-state index contributed by atoms with van der Waals surface area (Å²) in [6.07, 6.45) is 5.69. The summed E-state index contributed by atoms with van der Waals surface area (Å²) in [6.45, 7) is 7.08. The molecule has 0 aromatic carbocycles. The molecular weight excluding hydrogens is 578 g/mol. The molecule has 1 aliphatic heterocycles. The third-order valence-electron chi connectivity index (χ3n) is 7.21. The van der Waals surface area contributed by atoms with Crippen LogP contribution in [0.1, 0.15) is 52.6 Å². The molecular formula is C27H39N9O6S. The number of amides is 2. The van der Waals surface area contributed by atoms with Gasteiger partial charge in [0, 0.05) is 52.7 Å². The minimum absolute atomic E-state index is 0.00724. The molecule has 0 unspecified atom stereocenters. The molecule has 3 aromatic heterocycles. The number of pyridine rings is 1. The quantitative estimate of drug-likeness (QED) is 0.245. The summed E-state index contributed by atoms with van der Waals surface area (Å²) in [6, 6.07) is 1.24. The third kappa shape index (κ3) is 7.21. The lowest BCUT2D eigenvalue weighted by molar-refractivity contribution is 0.0991. The molecule has 234 valence electrons. The van der Waals surface area contributed by atoms with Gasteiger partial charge in [0.15, 0.2) is 0 Å². The van der Waals surface area contributed by atoms with Crippen molar-refractivity contribution in [2.75, 3.05) is 58.4 Å². The topological polar surface area (TPSA) is 180 Å². The summed E-state index contributed by atoms with van der Waals surface area (Å²) >= 11 is 0. The standard InChI is InChI=1S/C27H39N9O6S/c1-5-7-21-23(24(25(28)37)36(32-21)18-22-29-8-9-33(22)3)31-26(38)20-16-19(17-30-27(20)42-15-14-41-4)43(39,40)35-12-10-34(6-2)11-13-35/h8-9,16-17H,5-7,10-15,18H2,1-4H3,(H2,28,37)(H,31,38). The number of piperazine rings is 1. The van der Waals surface area contributed by atoms with E-state index in [9.17, 15) is 18.0 Å². The van der Waals surface area contributed by atoms with Crippen LogP contribution in [0.3, 0.4) is 0 Å². The number of ether oxygens (including phenoxy) is 2. The van der Waals surface area contributed by atoms with Crippen molar-refractivity contribution in [1.29, 1.82) is 0 Å². The zero-order chi connectivity index (χ0) is 31.1. The normalized spacial score (nSPS) is 14.6. The molecule has 0 saturated carbocycles. The molecule has 1 fully saturated rings. The van der Waals surface area contributed by atoms with Crippen LogP contribution in [0.2, 0.25) is 0 Å². The van der Waals surface area contributed by atoms with Crippen LogP contribution in [0.5, 0.6) is 5.88 Å². The van der Waals surface area contributed by atoms with Gasteiger partial charge in [0.05, 0.1) is 24.2 Å². The van der Waals surface area contributed by atoms with Crippen LogP contribution in [0, 0.1) is 0 Å². The Balaban J connectivity index is 1.72. The highest BCUT2D eigenvalue weighted by molar-refractivity contribution is 7.89. The molecule has 43 heavy (non-hydrogen) atoms. The van der Waals surface area contributed by atoms with E-state index in [1.54, 1.807) is 17.0 Å². The molecule has 0 aliphatic carbocycles. The number of methoxy groups -OCH3 is 1. The zero-order valence-corrected chi connectivity index (χ0v) is 25.8. The smallest absolute Gasteiger partial charge is 0.269 e. The lowest BCUT2D eigenvalue weighted by Gasteiger charge is -2.33. The first kappa shape index (κ1) is 32.1. The third-order valence-corrected chi connectivity index (χ3v) is 9.07. The fourth-order valence-corrected chi connectivity index (χ4v) is 6.19. The summed E-state index contributed by atoms with van der Waals surface area (Å²) in [5, 5.41) is 7.34. The minimum atomic E-state index is -3.95. The lowest BCUT2D eigenvalue weighted by Crippen LogP contribution is -2.48. The van der Waals surface area contributed by atoms with E-state index >= 15 is 0 Å². The first-order chi connectivity index (χ1) is 20.6. The van der Waals surface area contributed by atoms with E-state index in [1.165, 1.54) is 28.4 Å². The van der Waals surface area contributed by atoms with Gasteiger partial charge in [0.25, 0.3) is 11.8 Å². The van der Waals surface area contributed by atoms with Crippen LogP contribution in [-0.4, -0.2) is 107 Å². The van der Waals surface area contributed by atoms with Crippen molar-refractivity contribution in [1.82, 2.24) is 33.5 Å². The SMILES string of the molecule is CCCc1nn(Cc2nccn2C)c(C(N)=O)c1NC(=O)c1cc(S(=O)(=O)N2CCN(CC)CC2)cnc1OCCOC. The van der Waals surface area contributed by atoms with Gasteiger partial charge in [0.2, 0.25) is 15.9 Å². The number of sulfonamides is 1. The van der Waals surface area contributed by atoms with Crippen molar-refractivity contribution in [3.63, 3.8) is 0 Å². The second-order valence-corrected chi connectivity index (χ2v) is 12.0. The number of hydrogen-bond donors (Lipinski definition) is 2. The Labute approximate surface area is 251 Å². The highest BCUT2D eigenvalue weighted by Gasteiger charge is 2.31. The van der Waals surface area contributed by atoms with E-state index in [1.807, 2.05) is 20.9 Å². The van der Waals surface area contributed by atoms with Gasteiger partial charge in [-0.2, -0.15) is 9.40 Å². The second kappa shape index (κ2) is 14.1. The van der Waals surface area contributed by atoms with Gasteiger partial charge in [-0.1, -0.05) is 20.3 Å². The molecule has 2 amide bonds. The number of nitrogens with zero attached hydrogens (tertiary/aromatic N) is 7. The van der Waals surface area contributed by atoms with Crippen LogP contribution in [0.25, 0.3) is 0 Å². The minimum Gasteiger partial charge on any atom is -0.475 e. The Morgan fingerprint density at radius 2 is 1.86 bits per heavy atom.